The third-order valence-corrected chi connectivity index (χ3v) is 3.74. The van der Waals surface area contributed by atoms with E-state index in [0.717, 1.165) is 19.1 Å². The molecule has 1 N–H and O–H groups in total. The molecule has 15 heavy (non-hydrogen) atoms. The minimum atomic E-state index is 0.676. The summed E-state index contributed by atoms with van der Waals surface area (Å²) in [6, 6.07) is 0.676. The molecule has 1 aliphatic heterocycles. The molecule has 0 aromatic rings. The second-order valence-electron chi connectivity index (χ2n) is 4.49. The molecule has 0 aromatic carbocycles. The number of nitrogens with one attached hydrogen (secondary N) is 1. The van der Waals surface area contributed by atoms with Crippen LogP contribution in [0.15, 0.2) is 0 Å². The molecule has 0 bridgehead atoms. The molecule has 1 atom stereocenters. The molecule has 2 nitrogen and oxygen atoms in total. The summed E-state index contributed by atoms with van der Waals surface area (Å²) in [5.41, 5.74) is 0. The van der Waals surface area contributed by atoms with Gasteiger partial charge in [-0.25, -0.2) is 0 Å². The van der Waals surface area contributed by atoms with Crippen molar-refractivity contribution in [2.75, 3.05) is 31.8 Å². The van der Waals surface area contributed by atoms with E-state index in [4.69, 9.17) is 4.74 Å². The van der Waals surface area contributed by atoms with Gasteiger partial charge in [-0.05, 0) is 57.1 Å². The van der Waals surface area contributed by atoms with Crippen LogP contribution in [0.4, 0.5) is 0 Å². The van der Waals surface area contributed by atoms with Gasteiger partial charge in [-0.2, -0.15) is 11.8 Å². The average molecular weight is 231 g/mol. The van der Waals surface area contributed by atoms with Crippen molar-refractivity contribution in [3.63, 3.8) is 0 Å². The molecule has 0 spiro atoms. The fraction of sp³-hybridized carbons (Fsp3) is 1.00. The van der Waals surface area contributed by atoms with Gasteiger partial charge in [-0.3, -0.25) is 0 Å². The fourth-order valence-electron chi connectivity index (χ4n) is 2.13. The second kappa shape index (κ2) is 8.43. The zero-order valence-electron chi connectivity index (χ0n) is 10.1. The molecule has 1 rings (SSSR count). The molecule has 1 heterocycles. The predicted octanol–water partition coefficient (Wildman–Crippen LogP) is 2.53. The van der Waals surface area contributed by atoms with Crippen LogP contribution in [0.5, 0.6) is 0 Å². The first kappa shape index (κ1) is 13.3. The number of rotatable bonds is 7. The van der Waals surface area contributed by atoms with Gasteiger partial charge < -0.3 is 10.1 Å². The zero-order chi connectivity index (χ0) is 10.9. The molecule has 1 fully saturated rings. The first-order valence-corrected chi connectivity index (χ1v) is 7.52. The Morgan fingerprint density at radius 1 is 1.40 bits per heavy atom. The summed E-state index contributed by atoms with van der Waals surface area (Å²) in [5.74, 6) is 2.17. The summed E-state index contributed by atoms with van der Waals surface area (Å²) in [5, 5.41) is 3.61. The second-order valence-corrected chi connectivity index (χ2v) is 5.48. The Kier molecular flexibility index (Phi) is 7.49. The Labute approximate surface area is 98.5 Å². The van der Waals surface area contributed by atoms with Crippen LogP contribution in [0.2, 0.25) is 0 Å². The van der Waals surface area contributed by atoms with E-state index in [9.17, 15) is 0 Å². The Bertz CT molecular complexity index is 149. The van der Waals surface area contributed by atoms with Crippen molar-refractivity contribution in [3.05, 3.63) is 0 Å². The Morgan fingerprint density at radius 2 is 2.13 bits per heavy atom. The minimum Gasteiger partial charge on any atom is -0.381 e. The van der Waals surface area contributed by atoms with Crippen LogP contribution in [0.3, 0.4) is 0 Å². The summed E-state index contributed by atoms with van der Waals surface area (Å²) in [4.78, 5) is 0. The van der Waals surface area contributed by atoms with E-state index in [-0.39, 0.29) is 0 Å². The summed E-state index contributed by atoms with van der Waals surface area (Å²) >= 11 is 1.93. The summed E-state index contributed by atoms with van der Waals surface area (Å²) in [6.45, 7) is 5.44. The lowest BCUT2D eigenvalue weighted by atomic mass is 9.93. The van der Waals surface area contributed by atoms with Crippen LogP contribution < -0.4 is 5.32 Å². The van der Waals surface area contributed by atoms with Gasteiger partial charge in [-0.1, -0.05) is 0 Å². The van der Waals surface area contributed by atoms with Gasteiger partial charge in [-0.15, -0.1) is 0 Å². The number of hydrogen-bond acceptors (Lipinski definition) is 3. The summed E-state index contributed by atoms with van der Waals surface area (Å²) in [6.07, 6.45) is 7.31. The number of hydrogen-bond donors (Lipinski definition) is 1. The van der Waals surface area contributed by atoms with Gasteiger partial charge in [0, 0.05) is 19.3 Å². The Hall–Kier alpha value is 0.270. The first-order valence-electron chi connectivity index (χ1n) is 6.13. The van der Waals surface area contributed by atoms with Crippen molar-refractivity contribution in [3.8, 4) is 0 Å². The van der Waals surface area contributed by atoms with Gasteiger partial charge >= 0.3 is 0 Å². The molecular weight excluding hydrogens is 206 g/mol. The zero-order valence-corrected chi connectivity index (χ0v) is 10.9. The highest BCUT2D eigenvalue weighted by Crippen LogP contribution is 2.19. The highest BCUT2D eigenvalue weighted by atomic mass is 32.2. The number of ether oxygens (including phenoxy) is 1. The van der Waals surface area contributed by atoms with Crippen molar-refractivity contribution >= 4 is 11.8 Å². The van der Waals surface area contributed by atoms with E-state index in [2.05, 4.69) is 18.5 Å². The SMILES string of the molecule is CSCCCNC(C)CC1CCOCC1. The maximum absolute atomic E-state index is 5.37. The standard InChI is InChI=1S/C12H25NOS/c1-11(13-6-3-9-15-2)10-12-4-7-14-8-5-12/h11-13H,3-10H2,1-2H3. The lowest BCUT2D eigenvalue weighted by Crippen LogP contribution is -2.31. The monoisotopic (exact) mass is 231 g/mol. The van der Waals surface area contributed by atoms with Crippen LogP contribution in [-0.2, 0) is 4.74 Å². The van der Waals surface area contributed by atoms with Crippen molar-refractivity contribution in [2.24, 2.45) is 5.92 Å². The smallest absolute Gasteiger partial charge is 0.0468 e. The molecule has 3 heteroatoms. The van der Waals surface area contributed by atoms with Crippen molar-refractivity contribution in [1.29, 1.82) is 0 Å². The Morgan fingerprint density at radius 3 is 2.80 bits per heavy atom. The van der Waals surface area contributed by atoms with Crippen LogP contribution in [0, 0.1) is 5.92 Å². The highest BCUT2D eigenvalue weighted by molar-refractivity contribution is 7.98. The van der Waals surface area contributed by atoms with Crippen LogP contribution in [-0.4, -0.2) is 37.8 Å². The van der Waals surface area contributed by atoms with Crippen LogP contribution in [0.25, 0.3) is 0 Å². The fourth-order valence-corrected chi connectivity index (χ4v) is 2.56. The predicted molar refractivity (Wildman–Crippen MR) is 68.6 cm³/mol. The molecule has 90 valence electrons. The topological polar surface area (TPSA) is 21.3 Å². The third-order valence-electron chi connectivity index (χ3n) is 3.05. The maximum atomic E-state index is 5.37. The first-order chi connectivity index (χ1) is 7.33. The largest absolute Gasteiger partial charge is 0.381 e. The normalized spacial score (nSPS) is 20.4. The van der Waals surface area contributed by atoms with Crippen molar-refractivity contribution < 1.29 is 4.74 Å². The molecule has 1 unspecified atom stereocenters. The lowest BCUT2D eigenvalue weighted by molar-refractivity contribution is 0.0612. The van der Waals surface area contributed by atoms with Gasteiger partial charge in [0.1, 0.15) is 0 Å². The van der Waals surface area contributed by atoms with Gasteiger partial charge in [0.05, 0.1) is 0 Å². The van der Waals surface area contributed by atoms with E-state index < -0.39 is 0 Å². The molecule has 0 saturated carbocycles. The summed E-state index contributed by atoms with van der Waals surface area (Å²) < 4.78 is 5.37. The van der Waals surface area contributed by atoms with E-state index >= 15 is 0 Å². The van der Waals surface area contributed by atoms with Crippen molar-refractivity contribution in [2.45, 2.75) is 38.6 Å². The lowest BCUT2D eigenvalue weighted by Gasteiger charge is -2.25. The van der Waals surface area contributed by atoms with Gasteiger partial charge in [0.25, 0.3) is 0 Å². The van der Waals surface area contributed by atoms with Gasteiger partial charge in [0.15, 0.2) is 0 Å². The molecule has 1 aliphatic rings. The molecule has 0 aromatic heterocycles. The van der Waals surface area contributed by atoms with Crippen LogP contribution >= 0.6 is 11.8 Å². The van der Waals surface area contributed by atoms with Crippen LogP contribution in [0.1, 0.15) is 32.6 Å². The highest BCUT2D eigenvalue weighted by Gasteiger charge is 2.16. The molecule has 0 amide bonds. The number of thioether (sulfide) groups is 1. The minimum absolute atomic E-state index is 0.676. The van der Waals surface area contributed by atoms with Crippen molar-refractivity contribution in [1.82, 2.24) is 5.32 Å². The Balaban J connectivity index is 1.98. The molecule has 0 radical (unpaired) electrons. The quantitative estimate of drug-likeness (QED) is 0.680. The van der Waals surface area contributed by atoms with Gasteiger partial charge in [0.2, 0.25) is 0 Å². The average Bonchev–Trinajstić information content (AvgIpc) is 2.26. The molecule has 1 saturated heterocycles. The van der Waals surface area contributed by atoms with E-state index in [1.807, 2.05) is 11.8 Å². The molecular formula is C12H25NOS. The van der Waals surface area contributed by atoms with E-state index in [0.29, 0.717) is 6.04 Å². The summed E-state index contributed by atoms with van der Waals surface area (Å²) in [7, 11) is 0. The molecule has 0 aliphatic carbocycles. The van der Waals surface area contributed by atoms with E-state index in [1.54, 1.807) is 0 Å². The maximum Gasteiger partial charge on any atom is 0.0468 e. The third kappa shape index (κ3) is 6.44. The van der Waals surface area contributed by atoms with E-state index in [1.165, 1.54) is 38.0 Å².